The molecule has 0 saturated carbocycles. The average molecular weight is 256 g/mol. The minimum atomic E-state index is -0.562. The second-order valence-corrected chi connectivity index (χ2v) is 3.34. The number of rotatable bonds is 7. The third-order valence-corrected chi connectivity index (χ3v) is 2.16. The Bertz CT molecular complexity index is 425. The van der Waals surface area contributed by atoms with Gasteiger partial charge in [-0.3, -0.25) is 10.1 Å². The molecule has 0 saturated heterocycles. The van der Waals surface area contributed by atoms with E-state index in [4.69, 9.17) is 9.47 Å². The van der Waals surface area contributed by atoms with Gasteiger partial charge in [0.15, 0.2) is 0 Å². The number of nitrogens with one attached hydrogen (secondary N) is 1. The normalized spacial score (nSPS) is 10.2. The predicted molar refractivity (Wildman–Crippen MR) is 65.0 cm³/mol. The lowest BCUT2D eigenvalue weighted by atomic mass is 10.4. The topological polar surface area (TPSA) is 99.4 Å². The Hall–Kier alpha value is -1.96. The number of hydrogen-bond acceptors (Lipinski definition) is 7. The number of nitro groups is 1. The molecule has 0 aromatic carbocycles. The maximum atomic E-state index is 11.0. The van der Waals surface area contributed by atoms with Crippen molar-refractivity contribution in [2.75, 3.05) is 32.7 Å². The van der Waals surface area contributed by atoms with Gasteiger partial charge in [-0.25, -0.2) is 4.98 Å². The summed E-state index contributed by atoms with van der Waals surface area (Å²) in [7, 11) is 3.09. The third kappa shape index (κ3) is 3.27. The van der Waals surface area contributed by atoms with Crippen molar-refractivity contribution in [1.29, 1.82) is 0 Å². The van der Waals surface area contributed by atoms with Crippen molar-refractivity contribution in [2.24, 2.45) is 0 Å². The van der Waals surface area contributed by atoms with Crippen LogP contribution in [0.5, 0.6) is 5.88 Å². The zero-order chi connectivity index (χ0) is 13.5. The first kappa shape index (κ1) is 14.1. The quantitative estimate of drug-likeness (QED) is 0.441. The highest BCUT2D eigenvalue weighted by Gasteiger charge is 2.25. The zero-order valence-electron chi connectivity index (χ0n) is 10.6. The van der Waals surface area contributed by atoms with Crippen LogP contribution in [0.3, 0.4) is 0 Å². The molecule has 0 radical (unpaired) electrons. The number of methoxy groups -OCH3 is 1. The Morgan fingerprint density at radius 3 is 2.61 bits per heavy atom. The Morgan fingerprint density at radius 1 is 1.39 bits per heavy atom. The van der Waals surface area contributed by atoms with Gasteiger partial charge in [-0.2, -0.15) is 4.98 Å². The largest absolute Gasteiger partial charge is 0.470 e. The summed E-state index contributed by atoms with van der Waals surface area (Å²) >= 11 is 0. The lowest BCUT2D eigenvalue weighted by molar-refractivity contribution is -0.385. The van der Waals surface area contributed by atoms with E-state index in [1.54, 1.807) is 7.05 Å². The van der Waals surface area contributed by atoms with Crippen LogP contribution >= 0.6 is 0 Å². The molecular formula is C10H16N4O4. The molecule has 100 valence electrons. The van der Waals surface area contributed by atoms with Gasteiger partial charge in [0.05, 0.1) is 11.5 Å². The molecule has 0 aliphatic heterocycles. The van der Waals surface area contributed by atoms with Gasteiger partial charge in [-0.15, -0.1) is 0 Å². The van der Waals surface area contributed by atoms with Gasteiger partial charge in [0.2, 0.25) is 5.82 Å². The maximum absolute atomic E-state index is 11.0. The highest BCUT2D eigenvalue weighted by Crippen LogP contribution is 2.31. The van der Waals surface area contributed by atoms with Crippen molar-refractivity contribution >= 4 is 11.5 Å². The Kier molecular flexibility index (Phi) is 5.25. The molecule has 1 N–H and O–H groups in total. The Balaban J connectivity index is 3.13. The molecule has 0 amide bonds. The van der Waals surface area contributed by atoms with E-state index in [2.05, 4.69) is 15.3 Å². The minimum absolute atomic E-state index is 0.0340. The van der Waals surface area contributed by atoms with Gasteiger partial charge in [-0.05, 0) is 0 Å². The smallest absolute Gasteiger partial charge is 0.372 e. The van der Waals surface area contributed by atoms with Crippen molar-refractivity contribution in [3.05, 3.63) is 15.9 Å². The van der Waals surface area contributed by atoms with E-state index in [0.717, 1.165) is 0 Å². The molecule has 1 rings (SSSR count). The van der Waals surface area contributed by atoms with Gasteiger partial charge >= 0.3 is 5.69 Å². The SMILES string of the molecule is CCc1nc(NC)c([N+](=O)[O-])c(OCCOC)n1. The summed E-state index contributed by atoms with van der Waals surface area (Å²) in [5.41, 5.74) is -0.259. The van der Waals surface area contributed by atoms with Gasteiger partial charge in [0, 0.05) is 20.6 Å². The summed E-state index contributed by atoms with van der Waals surface area (Å²) in [6.45, 7) is 2.39. The number of hydrogen-bond donors (Lipinski definition) is 1. The van der Waals surface area contributed by atoms with Crippen LogP contribution in [0.25, 0.3) is 0 Å². The molecule has 0 aliphatic carbocycles. The highest BCUT2D eigenvalue weighted by atomic mass is 16.6. The van der Waals surface area contributed by atoms with Crippen molar-refractivity contribution in [3.8, 4) is 5.88 Å². The fraction of sp³-hybridized carbons (Fsp3) is 0.600. The fourth-order valence-corrected chi connectivity index (χ4v) is 1.30. The number of ether oxygens (including phenoxy) is 2. The first-order valence-electron chi connectivity index (χ1n) is 5.48. The Morgan fingerprint density at radius 2 is 2.11 bits per heavy atom. The van der Waals surface area contributed by atoms with Crippen LogP contribution in [0.2, 0.25) is 0 Å². The van der Waals surface area contributed by atoms with E-state index in [1.807, 2.05) is 6.92 Å². The van der Waals surface area contributed by atoms with E-state index in [-0.39, 0.29) is 24.0 Å². The summed E-state index contributed by atoms with van der Waals surface area (Å²) in [5, 5.41) is 13.7. The van der Waals surface area contributed by atoms with Crippen LogP contribution in [0, 0.1) is 10.1 Å². The molecular weight excluding hydrogens is 240 g/mol. The number of nitrogens with zero attached hydrogens (tertiary/aromatic N) is 3. The van der Waals surface area contributed by atoms with Crippen LogP contribution in [0.4, 0.5) is 11.5 Å². The lowest BCUT2D eigenvalue weighted by Crippen LogP contribution is -2.11. The molecule has 1 aromatic rings. The van der Waals surface area contributed by atoms with Gasteiger partial charge in [-0.1, -0.05) is 6.92 Å². The molecule has 8 nitrogen and oxygen atoms in total. The van der Waals surface area contributed by atoms with E-state index < -0.39 is 4.92 Å². The van der Waals surface area contributed by atoms with E-state index in [1.165, 1.54) is 7.11 Å². The standard InChI is InChI=1S/C10H16N4O4/c1-4-7-12-9(11-2)8(14(15)16)10(13-7)18-6-5-17-3/h4-6H2,1-3H3,(H,11,12,13). The van der Waals surface area contributed by atoms with E-state index >= 15 is 0 Å². The molecule has 0 unspecified atom stereocenters. The first-order chi connectivity index (χ1) is 8.63. The summed E-state index contributed by atoms with van der Waals surface area (Å²) in [6, 6.07) is 0. The summed E-state index contributed by atoms with van der Waals surface area (Å²) in [5.74, 6) is 0.602. The molecule has 0 atom stereocenters. The van der Waals surface area contributed by atoms with Gasteiger partial charge in [0.25, 0.3) is 5.88 Å². The second kappa shape index (κ2) is 6.70. The molecule has 0 fully saturated rings. The average Bonchev–Trinajstić information content (AvgIpc) is 2.37. The van der Waals surface area contributed by atoms with Crippen molar-refractivity contribution in [1.82, 2.24) is 9.97 Å². The van der Waals surface area contributed by atoms with Gasteiger partial charge in [0.1, 0.15) is 12.4 Å². The monoisotopic (exact) mass is 256 g/mol. The van der Waals surface area contributed by atoms with Crippen LogP contribution in [-0.4, -0.2) is 42.3 Å². The second-order valence-electron chi connectivity index (χ2n) is 3.34. The van der Waals surface area contributed by atoms with Crippen molar-refractivity contribution < 1.29 is 14.4 Å². The van der Waals surface area contributed by atoms with E-state index in [0.29, 0.717) is 18.9 Å². The Labute approximate surface area is 104 Å². The molecule has 1 heterocycles. The van der Waals surface area contributed by atoms with Crippen molar-refractivity contribution in [2.45, 2.75) is 13.3 Å². The number of aryl methyl sites for hydroxylation is 1. The zero-order valence-corrected chi connectivity index (χ0v) is 10.6. The molecule has 0 aliphatic rings. The molecule has 0 spiro atoms. The van der Waals surface area contributed by atoms with E-state index in [9.17, 15) is 10.1 Å². The first-order valence-corrected chi connectivity index (χ1v) is 5.48. The van der Waals surface area contributed by atoms with Gasteiger partial charge < -0.3 is 14.8 Å². The van der Waals surface area contributed by atoms with Crippen LogP contribution in [0.15, 0.2) is 0 Å². The van der Waals surface area contributed by atoms with Crippen molar-refractivity contribution in [3.63, 3.8) is 0 Å². The summed E-state index contributed by atoms with van der Waals surface area (Å²) < 4.78 is 10.1. The molecule has 8 heteroatoms. The predicted octanol–water partition coefficient (Wildman–Crippen LogP) is 1.01. The molecule has 0 bridgehead atoms. The summed E-state index contributed by atoms with van der Waals surface area (Å²) in [6.07, 6.45) is 0.563. The third-order valence-electron chi connectivity index (χ3n) is 2.16. The lowest BCUT2D eigenvalue weighted by Gasteiger charge is -2.09. The van der Waals surface area contributed by atoms with Crippen LogP contribution in [-0.2, 0) is 11.2 Å². The van der Waals surface area contributed by atoms with Crippen LogP contribution in [0.1, 0.15) is 12.7 Å². The fourth-order valence-electron chi connectivity index (χ4n) is 1.30. The number of aromatic nitrogens is 2. The maximum Gasteiger partial charge on any atom is 0.372 e. The molecule has 18 heavy (non-hydrogen) atoms. The number of anilines is 1. The minimum Gasteiger partial charge on any atom is -0.470 e. The van der Waals surface area contributed by atoms with Crippen LogP contribution < -0.4 is 10.1 Å². The highest BCUT2D eigenvalue weighted by molar-refractivity contribution is 5.61. The molecule has 1 aromatic heterocycles. The summed E-state index contributed by atoms with van der Waals surface area (Å²) in [4.78, 5) is 18.5.